The van der Waals surface area contributed by atoms with Crippen LogP contribution in [0.1, 0.15) is 10.5 Å². The smallest absolute Gasteiger partial charge is 0.356 e. The van der Waals surface area contributed by atoms with Crippen LogP contribution in [0.15, 0.2) is 48.5 Å². The van der Waals surface area contributed by atoms with Gasteiger partial charge in [0.1, 0.15) is 0 Å². The fourth-order valence-corrected chi connectivity index (χ4v) is 2.22. The van der Waals surface area contributed by atoms with Crippen LogP contribution in [-0.2, 0) is 4.74 Å². The van der Waals surface area contributed by atoms with E-state index in [1.54, 1.807) is 12.1 Å². The number of rotatable bonds is 3. The normalized spacial score (nSPS) is 10.6. The minimum Gasteiger partial charge on any atom is -0.464 e. The van der Waals surface area contributed by atoms with E-state index < -0.39 is 17.6 Å². The minimum atomic E-state index is -0.957. The third-order valence-corrected chi connectivity index (χ3v) is 3.31. The number of ether oxygens (including phenoxy) is 1. The Morgan fingerprint density at radius 2 is 1.87 bits per heavy atom. The molecule has 0 atom stereocenters. The number of pyridine rings is 1. The second-order valence-corrected chi connectivity index (χ2v) is 4.82. The van der Waals surface area contributed by atoms with E-state index in [0.717, 1.165) is 17.5 Å². The summed E-state index contributed by atoms with van der Waals surface area (Å²) in [6, 6.07) is 12.2. The van der Waals surface area contributed by atoms with Crippen molar-refractivity contribution < 1.29 is 18.3 Å². The maximum absolute atomic E-state index is 13.4. The van der Waals surface area contributed by atoms with Crippen molar-refractivity contribution >= 4 is 28.2 Å². The highest BCUT2D eigenvalue weighted by Gasteiger charge is 2.13. The van der Waals surface area contributed by atoms with E-state index in [-0.39, 0.29) is 5.69 Å². The first kappa shape index (κ1) is 14.9. The second kappa shape index (κ2) is 6.00. The zero-order chi connectivity index (χ0) is 16.4. The van der Waals surface area contributed by atoms with Crippen LogP contribution in [0.2, 0.25) is 0 Å². The lowest BCUT2D eigenvalue weighted by atomic mass is 10.1. The van der Waals surface area contributed by atoms with Crippen LogP contribution >= 0.6 is 0 Å². The van der Waals surface area contributed by atoms with E-state index in [0.29, 0.717) is 16.9 Å². The van der Waals surface area contributed by atoms with Gasteiger partial charge < -0.3 is 10.1 Å². The molecule has 0 amide bonds. The lowest BCUT2D eigenvalue weighted by Gasteiger charge is -2.11. The number of carbonyl (C=O) groups excluding carboxylic acids is 1. The molecule has 1 N–H and O–H groups in total. The zero-order valence-corrected chi connectivity index (χ0v) is 12.1. The average molecular weight is 314 g/mol. The summed E-state index contributed by atoms with van der Waals surface area (Å²) in [6.45, 7) is 0. The van der Waals surface area contributed by atoms with Crippen LogP contribution in [0.5, 0.6) is 0 Å². The number of nitrogens with one attached hydrogen (secondary N) is 1. The van der Waals surface area contributed by atoms with Crippen molar-refractivity contribution in [3.05, 3.63) is 65.9 Å². The number of hydrogen-bond donors (Lipinski definition) is 1. The molecule has 0 saturated heterocycles. The second-order valence-electron chi connectivity index (χ2n) is 4.82. The summed E-state index contributed by atoms with van der Waals surface area (Å²) in [5.74, 6) is -2.46. The third kappa shape index (κ3) is 2.96. The molecule has 1 heterocycles. The number of fused-ring (bicyclic) bond motifs is 1. The first-order valence-electron chi connectivity index (χ1n) is 6.78. The van der Waals surface area contributed by atoms with Crippen molar-refractivity contribution in [3.8, 4) is 0 Å². The molecule has 0 bridgehead atoms. The lowest BCUT2D eigenvalue weighted by Crippen LogP contribution is -2.06. The van der Waals surface area contributed by atoms with E-state index in [4.69, 9.17) is 0 Å². The molecule has 116 valence electrons. The van der Waals surface area contributed by atoms with Crippen LogP contribution < -0.4 is 5.32 Å². The van der Waals surface area contributed by atoms with E-state index in [9.17, 15) is 13.6 Å². The van der Waals surface area contributed by atoms with Gasteiger partial charge >= 0.3 is 5.97 Å². The van der Waals surface area contributed by atoms with E-state index >= 15 is 0 Å². The van der Waals surface area contributed by atoms with Gasteiger partial charge in [0.05, 0.1) is 18.3 Å². The Hall–Kier alpha value is -3.02. The highest BCUT2D eigenvalue weighted by Crippen LogP contribution is 2.27. The number of esters is 1. The summed E-state index contributed by atoms with van der Waals surface area (Å²) in [7, 11) is 1.27. The van der Waals surface area contributed by atoms with Gasteiger partial charge in [0.2, 0.25) is 0 Å². The third-order valence-electron chi connectivity index (χ3n) is 3.31. The van der Waals surface area contributed by atoms with E-state index in [1.807, 2.05) is 12.1 Å². The van der Waals surface area contributed by atoms with Crippen molar-refractivity contribution in [1.29, 1.82) is 0 Å². The maximum atomic E-state index is 13.4. The molecule has 0 fully saturated rings. The zero-order valence-electron chi connectivity index (χ0n) is 12.1. The predicted octanol–water partition coefficient (Wildman–Crippen LogP) is 4.04. The number of benzene rings is 2. The Kier molecular flexibility index (Phi) is 3.89. The summed E-state index contributed by atoms with van der Waals surface area (Å²) >= 11 is 0. The first-order valence-corrected chi connectivity index (χ1v) is 6.78. The summed E-state index contributed by atoms with van der Waals surface area (Å²) in [5, 5.41) is 3.72. The molecule has 0 unspecified atom stereocenters. The number of halogens is 2. The maximum Gasteiger partial charge on any atom is 0.356 e. The topological polar surface area (TPSA) is 51.2 Å². The molecule has 6 heteroatoms. The van der Waals surface area contributed by atoms with Crippen LogP contribution in [0.4, 0.5) is 20.2 Å². The monoisotopic (exact) mass is 314 g/mol. The highest BCUT2D eigenvalue weighted by molar-refractivity contribution is 5.98. The largest absolute Gasteiger partial charge is 0.464 e. The van der Waals surface area contributed by atoms with Crippen LogP contribution in [0, 0.1) is 11.6 Å². The highest BCUT2D eigenvalue weighted by atomic mass is 19.2. The molecule has 3 aromatic rings. The molecule has 2 aromatic carbocycles. The van der Waals surface area contributed by atoms with Gasteiger partial charge in [-0.25, -0.2) is 18.6 Å². The molecule has 0 aliphatic carbocycles. The number of carbonyl (C=O) groups is 1. The summed E-state index contributed by atoms with van der Waals surface area (Å²) in [6.07, 6.45) is 0. The van der Waals surface area contributed by atoms with Crippen molar-refractivity contribution in [2.24, 2.45) is 0 Å². The van der Waals surface area contributed by atoms with Gasteiger partial charge in [-0.2, -0.15) is 0 Å². The minimum absolute atomic E-state index is 0.122. The van der Waals surface area contributed by atoms with E-state index in [2.05, 4.69) is 15.0 Å². The Bertz CT molecular complexity index is 897. The van der Waals surface area contributed by atoms with Gasteiger partial charge in [0, 0.05) is 17.1 Å². The molecule has 0 aliphatic rings. The first-order chi connectivity index (χ1) is 11.1. The lowest BCUT2D eigenvalue weighted by molar-refractivity contribution is 0.0594. The van der Waals surface area contributed by atoms with Crippen molar-refractivity contribution in [2.45, 2.75) is 0 Å². The molecule has 0 radical (unpaired) electrons. The van der Waals surface area contributed by atoms with Gasteiger partial charge in [0.25, 0.3) is 0 Å². The molecule has 4 nitrogen and oxygen atoms in total. The van der Waals surface area contributed by atoms with Gasteiger partial charge in [-0.1, -0.05) is 18.2 Å². The van der Waals surface area contributed by atoms with Gasteiger partial charge in [-0.15, -0.1) is 0 Å². The molecule has 1 aromatic heterocycles. The predicted molar refractivity (Wildman–Crippen MR) is 82.7 cm³/mol. The van der Waals surface area contributed by atoms with Gasteiger partial charge in [-0.3, -0.25) is 0 Å². The number of para-hydroxylation sites is 1. The molecule has 23 heavy (non-hydrogen) atoms. The Labute approximate surface area is 130 Å². The van der Waals surface area contributed by atoms with Crippen molar-refractivity contribution in [1.82, 2.24) is 4.98 Å². The fraction of sp³-hybridized carbons (Fsp3) is 0.0588. The fourth-order valence-electron chi connectivity index (χ4n) is 2.22. The van der Waals surface area contributed by atoms with Crippen molar-refractivity contribution in [3.63, 3.8) is 0 Å². The van der Waals surface area contributed by atoms with Crippen LogP contribution in [0.25, 0.3) is 10.9 Å². The van der Waals surface area contributed by atoms with Gasteiger partial charge in [-0.05, 0) is 24.3 Å². The molecule has 0 saturated carbocycles. The molecule has 0 aliphatic heterocycles. The molecule has 0 spiro atoms. The Morgan fingerprint density at radius 3 is 2.61 bits per heavy atom. The van der Waals surface area contributed by atoms with Crippen LogP contribution in [-0.4, -0.2) is 18.1 Å². The number of methoxy groups -OCH3 is 1. The summed E-state index contributed by atoms with van der Waals surface area (Å²) < 4.78 is 31.1. The number of nitrogens with zero attached hydrogens (tertiary/aromatic N) is 1. The molecular formula is C17H12F2N2O2. The number of hydrogen-bond acceptors (Lipinski definition) is 4. The Balaban J connectivity index is 2.10. The SMILES string of the molecule is COC(=O)c1cc(Nc2ccc(F)c(F)c2)c2ccccc2n1. The Morgan fingerprint density at radius 1 is 1.09 bits per heavy atom. The van der Waals surface area contributed by atoms with Crippen molar-refractivity contribution in [2.75, 3.05) is 12.4 Å². The number of aromatic nitrogens is 1. The summed E-state index contributed by atoms with van der Waals surface area (Å²) in [4.78, 5) is 16.0. The molecule has 3 rings (SSSR count). The molecular weight excluding hydrogens is 302 g/mol. The summed E-state index contributed by atoms with van der Waals surface area (Å²) in [5.41, 5.74) is 1.61. The standard InChI is InChI=1S/C17H12F2N2O2/c1-23-17(22)16-9-15(11-4-2-3-5-14(11)21-16)20-10-6-7-12(18)13(19)8-10/h2-9H,1H3,(H,20,21). The number of anilines is 2. The van der Waals surface area contributed by atoms with Crippen LogP contribution in [0.3, 0.4) is 0 Å². The van der Waals surface area contributed by atoms with Gasteiger partial charge in [0.15, 0.2) is 17.3 Å². The average Bonchev–Trinajstić information content (AvgIpc) is 2.57. The quantitative estimate of drug-likeness (QED) is 0.741. The van der Waals surface area contributed by atoms with E-state index in [1.165, 1.54) is 19.2 Å².